The number of benzene rings is 1. The van der Waals surface area contributed by atoms with Gasteiger partial charge in [-0.1, -0.05) is 78.9 Å². The second-order valence-electron chi connectivity index (χ2n) is 5.92. The molecular weight excluding hydrogens is 272 g/mol. The molecule has 0 aliphatic heterocycles. The molecule has 1 aromatic carbocycles. The van der Waals surface area contributed by atoms with Crippen molar-refractivity contribution in [2.75, 3.05) is 0 Å². The maximum atomic E-state index is 11.1. The van der Waals surface area contributed by atoms with E-state index in [9.17, 15) is 4.79 Å². The zero-order valence-corrected chi connectivity index (χ0v) is 12.4. The van der Waals surface area contributed by atoms with Gasteiger partial charge >= 0.3 is 5.97 Å². The van der Waals surface area contributed by atoms with Gasteiger partial charge in [-0.2, -0.15) is 0 Å². The van der Waals surface area contributed by atoms with E-state index >= 15 is 0 Å². The van der Waals surface area contributed by atoms with E-state index in [0.717, 1.165) is 0 Å². The van der Waals surface area contributed by atoms with Crippen LogP contribution in [0.2, 0.25) is 0 Å². The highest BCUT2D eigenvalue weighted by molar-refractivity contribution is 5.67. The third-order valence-electron chi connectivity index (χ3n) is 4.60. The predicted octanol–water partition coefficient (Wildman–Crippen LogP) is 4.34. The second kappa shape index (κ2) is 6.61. The van der Waals surface area contributed by atoms with Gasteiger partial charge in [0, 0.05) is 6.42 Å². The van der Waals surface area contributed by atoms with Gasteiger partial charge in [0.15, 0.2) is 0 Å². The molecule has 0 unspecified atom stereocenters. The Balaban J connectivity index is 1.66. The van der Waals surface area contributed by atoms with Crippen LogP contribution in [0.5, 0.6) is 0 Å². The van der Waals surface area contributed by atoms with Crippen molar-refractivity contribution < 1.29 is 9.90 Å². The molecule has 1 aromatic rings. The summed E-state index contributed by atoms with van der Waals surface area (Å²) in [6.45, 7) is 0. The summed E-state index contributed by atoms with van der Waals surface area (Å²) in [5, 5.41) is 9.10. The Kier molecular flexibility index (Phi) is 4.38. The van der Waals surface area contributed by atoms with Crippen molar-refractivity contribution in [3.63, 3.8) is 0 Å². The van der Waals surface area contributed by atoms with Crippen LogP contribution in [0.1, 0.15) is 12.0 Å². The Morgan fingerprint density at radius 3 is 2.50 bits per heavy atom. The van der Waals surface area contributed by atoms with Gasteiger partial charge in [0.25, 0.3) is 0 Å². The smallest absolute Gasteiger partial charge is 0.303 e. The SMILES string of the molecule is O=C(O)C[C@H]1[C@H](C=CC=Cc2ccccc2)[C@H]2C=CC=C[C@H]21. The number of hydrogen-bond acceptors (Lipinski definition) is 1. The lowest BCUT2D eigenvalue weighted by Crippen LogP contribution is -2.45. The van der Waals surface area contributed by atoms with E-state index in [1.54, 1.807) is 0 Å². The monoisotopic (exact) mass is 292 g/mol. The van der Waals surface area contributed by atoms with E-state index in [0.29, 0.717) is 17.8 Å². The lowest BCUT2D eigenvalue weighted by molar-refractivity contribution is -0.140. The van der Waals surface area contributed by atoms with E-state index in [1.807, 2.05) is 30.4 Å². The number of aliphatic carboxylic acids is 1. The summed E-state index contributed by atoms with van der Waals surface area (Å²) in [6.07, 6.45) is 17.0. The van der Waals surface area contributed by atoms with Crippen molar-refractivity contribution in [3.05, 3.63) is 78.4 Å². The minimum atomic E-state index is -0.704. The van der Waals surface area contributed by atoms with Crippen molar-refractivity contribution in [1.82, 2.24) is 0 Å². The Hall–Kier alpha value is -2.35. The molecule has 0 saturated heterocycles. The van der Waals surface area contributed by atoms with E-state index in [1.165, 1.54) is 5.56 Å². The molecule has 2 aliphatic carbocycles. The maximum Gasteiger partial charge on any atom is 0.303 e. The molecule has 2 aliphatic rings. The molecule has 3 rings (SSSR count). The number of carbonyl (C=O) groups is 1. The van der Waals surface area contributed by atoms with E-state index in [-0.39, 0.29) is 12.3 Å². The first kappa shape index (κ1) is 14.6. The fraction of sp³-hybridized carbons (Fsp3) is 0.250. The van der Waals surface area contributed by atoms with Crippen LogP contribution >= 0.6 is 0 Å². The normalized spacial score (nSPS) is 29.6. The maximum absolute atomic E-state index is 11.1. The largest absolute Gasteiger partial charge is 0.481 e. The third kappa shape index (κ3) is 3.11. The van der Waals surface area contributed by atoms with Gasteiger partial charge in [-0.15, -0.1) is 0 Å². The Morgan fingerprint density at radius 1 is 1.05 bits per heavy atom. The zero-order chi connectivity index (χ0) is 15.4. The highest BCUT2D eigenvalue weighted by Crippen LogP contribution is 2.51. The van der Waals surface area contributed by atoms with E-state index in [4.69, 9.17) is 5.11 Å². The minimum absolute atomic E-state index is 0.213. The van der Waals surface area contributed by atoms with Crippen LogP contribution in [0, 0.1) is 23.7 Å². The Labute approximate surface area is 131 Å². The Bertz CT molecular complexity index is 637. The molecule has 0 aromatic heterocycles. The predicted molar refractivity (Wildman–Crippen MR) is 89.1 cm³/mol. The lowest BCUT2D eigenvalue weighted by atomic mass is 9.54. The molecule has 0 spiro atoms. The fourth-order valence-electron chi connectivity index (χ4n) is 3.52. The van der Waals surface area contributed by atoms with Crippen LogP contribution in [0.4, 0.5) is 0 Å². The van der Waals surface area contributed by atoms with Gasteiger partial charge in [-0.05, 0) is 29.2 Å². The minimum Gasteiger partial charge on any atom is -0.481 e. The number of carboxylic acid groups (broad SMARTS) is 1. The molecule has 0 bridgehead atoms. The topological polar surface area (TPSA) is 37.3 Å². The first-order valence-corrected chi connectivity index (χ1v) is 7.72. The van der Waals surface area contributed by atoms with Crippen LogP contribution < -0.4 is 0 Å². The van der Waals surface area contributed by atoms with Crippen LogP contribution in [0.25, 0.3) is 6.08 Å². The van der Waals surface area contributed by atoms with Gasteiger partial charge in [-0.3, -0.25) is 4.79 Å². The summed E-state index contributed by atoms with van der Waals surface area (Å²) >= 11 is 0. The lowest BCUT2D eigenvalue weighted by Gasteiger charge is -2.49. The second-order valence-corrected chi connectivity index (χ2v) is 5.92. The quantitative estimate of drug-likeness (QED) is 0.820. The molecule has 4 atom stereocenters. The summed E-state index contributed by atoms with van der Waals surface area (Å²) in [4.78, 5) is 11.1. The molecular formula is C20H20O2. The Morgan fingerprint density at radius 2 is 1.77 bits per heavy atom. The first-order valence-electron chi connectivity index (χ1n) is 7.72. The average molecular weight is 292 g/mol. The van der Waals surface area contributed by atoms with Crippen molar-refractivity contribution in [3.8, 4) is 0 Å². The van der Waals surface area contributed by atoms with E-state index < -0.39 is 5.97 Å². The third-order valence-corrected chi connectivity index (χ3v) is 4.60. The summed E-state index contributed by atoms with van der Waals surface area (Å²) in [6, 6.07) is 10.2. The fourth-order valence-corrected chi connectivity index (χ4v) is 3.52. The highest BCUT2D eigenvalue weighted by atomic mass is 16.4. The summed E-state index contributed by atoms with van der Waals surface area (Å²) < 4.78 is 0. The van der Waals surface area contributed by atoms with E-state index in [2.05, 4.69) is 48.6 Å². The number of fused-ring (bicyclic) bond motifs is 1. The van der Waals surface area contributed by atoms with Gasteiger partial charge in [0.2, 0.25) is 0 Å². The van der Waals surface area contributed by atoms with Crippen LogP contribution in [-0.2, 0) is 4.79 Å². The molecule has 112 valence electrons. The highest BCUT2D eigenvalue weighted by Gasteiger charge is 2.47. The van der Waals surface area contributed by atoms with Crippen molar-refractivity contribution >= 4 is 12.0 Å². The number of rotatable bonds is 5. The van der Waals surface area contributed by atoms with Gasteiger partial charge < -0.3 is 5.11 Å². The van der Waals surface area contributed by atoms with Crippen molar-refractivity contribution in [2.45, 2.75) is 6.42 Å². The van der Waals surface area contributed by atoms with Gasteiger partial charge in [0.05, 0.1) is 0 Å². The van der Waals surface area contributed by atoms with Crippen molar-refractivity contribution in [2.24, 2.45) is 23.7 Å². The molecule has 0 heterocycles. The first-order chi connectivity index (χ1) is 10.8. The van der Waals surface area contributed by atoms with Gasteiger partial charge in [0.1, 0.15) is 0 Å². The number of hydrogen-bond donors (Lipinski definition) is 1. The summed E-state index contributed by atoms with van der Waals surface area (Å²) in [5.41, 5.74) is 1.17. The summed E-state index contributed by atoms with van der Waals surface area (Å²) in [5.74, 6) is 0.669. The van der Waals surface area contributed by atoms with Crippen molar-refractivity contribution in [1.29, 1.82) is 0 Å². The summed E-state index contributed by atoms with van der Waals surface area (Å²) in [7, 11) is 0. The number of allylic oxidation sites excluding steroid dienone is 7. The molecule has 1 fully saturated rings. The van der Waals surface area contributed by atoms with Crippen LogP contribution in [0.3, 0.4) is 0 Å². The van der Waals surface area contributed by atoms with Crippen LogP contribution in [-0.4, -0.2) is 11.1 Å². The van der Waals surface area contributed by atoms with Crippen LogP contribution in [0.15, 0.2) is 72.9 Å². The molecule has 1 saturated carbocycles. The molecule has 1 N–H and O–H groups in total. The molecule has 2 nitrogen and oxygen atoms in total. The van der Waals surface area contributed by atoms with Gasteiger partial charge in [-0.25, -0.2) is 0 Å². The molecule has 22 heavy (non-hydrogen) atoms. The molecule has 0 radical (unpaired) electrons. The zero-order valence-electron chi connectivity index (χ0n) is 12.4. The standard InChI is InChI=1S/C20H20O2/c21-20(22)14-19-17(16-11-6-7-13-18(16)19)12-5-4-10-15-8-2-1-3-9-15/h1-13,16-19H,14H2,(H,21,22)/t16-,17-,18-,19+/m1/s1. The average Bonchev–Trinajstić information content (AvgIpc) is 2.53. The molecule has 0 amide bonds. The molecule has 2 heteroatoms. The number of carboxylic acids is 1.